The van der Waals surface area contributed by atoms with Gasteiger partial charge in [-0.2, -0.15) is 0 Å². The summed E-state index contributed by atoms with van der Waals surface area (Å²) in [6.45, 7) is 2.93. The average Bonchev–Trinajstić information content (AvgIpc) is 2.74. The zero-order chi connectivity index (χ0) is 13.3. The van der Waals surface area contributed by atoms with Crippen molar-refractivity contribution in [3.63, 3.8) is 0 Å². The van der Waals surface area contributed by atoms with Crippen molar-refractivity contribution in [2.75, 3.05) is 13.1 Å². The second-order valence-corrected chi connectivity index (χ2v) is 6.42. The number of carboxylic acids is 1. The molecule has 1 aromatic rings. The number of thiophene rings is 1. The van der Waals surface area contributed by atoms with Crippen LogP contribution in [0.25, 0.3) is 0 Å². The number of carboxylic acid groups (broad SMARTS) is 1. The molecule has 1 N–H and O–H groups in total. The van der Waals surface area contributed by atoms with Crippen molar-refractivity contribution in [3.8, 4) is 0 Å². The van der Waals surface area contributed by atoms with Gasteiger partial charge in [0, 0.05) is 22.9 Å². The van der Waals surface area contributed by atoms with E-state index in [0.717, 1.165) is 4.47 Å². The predicted octanol–water partition coefficient (Wildman–Crippen LogP) is 2.69. The van der Waals surface area contributed by atoms with Crippen molar-refractivity contribution < 1.29 is 14.7 Å². The van der Waals surface area contributed by atoms with E-state index in [9.17, 15) is 9.59 Å². The molecule has 1 aromatic heterocycles. The fourth-order valence-electron chi connectivity index (χ4n) is 2.28. The molecule has 0 aliphatic carbocycles. The summed E-state index contributed by atoms with van der Waals surface area (Å²) in [5.41, 5.74) is 0. The molecule has 0 aromatic carbocycles. The van der Waals surface area contributed by atoms with Gasteiger partial charge in [0.2, 0.25) is 0 Å². The maximum atomic E-state index is 12.2. The molecule has 2 heterocycles. The lowest BCUT2D eigenvalue weighted by molar-refractivity contribution is -0.145. The van der Waals surface area contributed by atoms with Crippen molar-refractivity contribution >= 4 is 39.1 Å². The number of carbonyl (C=O) groups excluding carboxylic acids is 1. The molecule has 2 rings (SSSR count). The maximum absolute atomic E-state index is 12.2. The fourth-order valence-corrected chi connectivity index (χ4v) is 3.67. The second-order valence-electron chi connectivity index (χ2n) is 4.59. The van der Waals surface area contributed by atoms with Gasteiger partial charge in [-0.1, -0.05) is 6.92 Å². The van der Waals surface area contributed by atoms with E-state index in [1.165, 1.54) is 11.3 Å². The molecule has 1 saturated heterocycles. The van der Waals surface area contributed by atoms with Gasteiger partial charge < -0.3 is 10.0 Å². The summed E-state index contributed by atoms with van der Waals surface area (Å²) in [7, 11) is 0. The highest BCUT2D eigenvalue weighted by Gasteiger charge is 2.33. The molecule has 18 heavy (non-hydrogen) atoms. The van der Waals surface area contributed by atoms with Gasteiger partial charge in [0.15, 0.2) is 0 Å². The van der Waals surface area contributed by atoms with Crippen LogP contribution < -0.4 is 0 Å². The molecule has 1 amide bonds. The Morgan fingerprint density at radius 3 is 2.78 bits per heavy atom. The van der Waals surface area contributed by atoms with E-state index >= 15 is 0 Å². The smallest absolute Gasteiger partial charge is 0.306 e. The molecular weight excluding hydrogens is 318 g/mol. The first kappa shape index (κ1) is 13.5. The van der Waals surface area contributed by atoms with Crippen molar-refractivity contribution in [2.45, 2.75) is 13.3 Å². The molecule has 1 aliphatic rings. The number of aliphatic carboxylic acids is 1. The van der Waals surface area contributed by atoms with Gasteiger partial charge in [0.05, 0.1) is 10.8 Å². The third-order valence-corrected chi connectivity index (χ3v) is 4.97. The predicted molar refractivity (Wildman–Crippen MR) is 72.8 cm³/mol. The number of nitrogens with zero attached hydrogens (tertiary/aromatic N) is 1. The number of hydrogen-bond donors (Lipinski definition) is 1. The molecule has 4 nitrogen and oxygen atoms in total. The lowest BCUT2D eigenvalue weighted by atomic mass is 9.87. The number of likely N-dealkylation sites (tertiary alicyclic amines) is 1. The van der Waals surface area contributed by atoms with Crippen LogP contribution in [0.1, 0.15) is 23.0 Å². The second kappa shape index (κ2) is 5.40. The largest absolute Gasteiger partial charge is 0.481 e. The van der Waals surface area contributed by atoms with Crippen LogP contribution in [0.3, 0.4) is 0 Å². The summed E-state index contributed by atoms with van der Waals surface area (Å²) in [6.07, 6.45) is 0.536. The first-order valence-corrected chi connectivity index (χ1v) is 7.42. The number of rotatable bonds is 2. The highest BCUT2D eigenvalue weighted by molar-refractivity contribution is 9.10. The van der Waals surface area contributed by atoms with Crippen LogP contribution in [-0.2, 0) is 4.79 Å². The molecule has 0 saturated carbocycles. The SMILES string of the molecule is CC1CN(C(=O)c2cc(Br)cs2)CCC1C(=O)O. The third-order valence-electron chi connectivity index (χ3n) is 3.29. The zero-order valence-corrected chi connectivity index (χ0v) is 12.3. The Morgan fingerprint density at radius 1 is 1.56 bits per heavy atom. The molecule has 0 bridgehead atoms. The van der Waals surface area contributed by atoms with Gasteiger partial charge in [-0.25, -0.2) is 0 Å². The minimum Gasteiger partial charge on any atom is -0.481 e. The Morgan fingerprint density at radius 2 is 2.28 bits per heavy atom. The fraction of sp³-hybridized carbons (Fsp3) is 0.500. The molecule has 2 unspecified atom stereocenters. The Hall–Kier alpha value is -0.880. The first-order valence-electron chi connectivity index (χ1n) is 5.75. The minimum atomic E-state index is -0.756. The van der Waals surface area contributed by atoms with Gasteiger partial charge in [0.25, 0.3) is 5.91 Å². The summed E-state index contributed by atoms with van der Waals surface area (Å²) in [4.78, 5) is 25.7. The lowest BCUT2D eigenvalue weighted by Gasteiger charge is -2.34. The van der Waals surface area contributed by atoms with Gasteiger partial charge in [-0.05, 0) is 34.3 Å². The Labute approximate surface area is 118 Å². The zero-order valence-electron chi connectivity index (χ0n) is 9.93. The maximum Gasteiger partial charge on any atom is 0.306 e. The molecule has 0 spiro atoms. The molecule has 1 aliphatic heterocycles. The van der Waals surface area contributed by atoms with Gasteiger partial charge >= 0.3 is 5.97 Å². The van der Waals surface area contributed by atoms with Gasteiger partial charge in [-0.3, -0.25) is 9.59 Å². The molecule has 6 heteroatoms. The quantitative estimate of drug-likeness (QED) is 0.906. The number of hydrogen-bond acceptors (Lipinski definition) is 3. The summed E-state index contributed by atoms with van der Waals surface area (Å²) in [5, 5.41) is 10.9. The first-order chi connectivity index (χ1) is 8.49. The molecule has 2 atom stereocenters. The van der Waals surface area contributed by atoms with E-state index in [1.807, 2.05) is 12.3 Å². The average molecular weight is 332 g/mol. The monoisotopic (exact) mass is 331 g/mol. The molecule has 98 valence electrons. The van der Waals surface area contributed by atoms with Crippen molar-refractivity contribution in [2.24, 2.45) is 11.8 Å². The third kappa shape index (κ3) is 2.75. The minimum absolute atomic E-state index is 0.00129. The van der Waals surface area contributed by atoms with Crippen LogP contribution in [0.4, 0.5) is 0 Å². The molecule has 1 fully saturated rings. The van der Waals surface area contributed by atoms with E-state index in [1.54, 1.807) is 11.0 Å². The lowest BCUT2D eigenvalue weighted by Crippen LogP contribution is -2.44. The summed E-state index contributed by atoms with van der Waals surface area (Å²) < 4.78 is 0.907. The van der Waals surface area contributed by atoms with Gasteiger partial charge in [-0.15, -0.1) is 11.3 Å². The van der Waals surface area contributed by atoms with Crippen LogP contribution in [-0.4, -0.2) is 35.0 Å². The Bertz CT molecular complexity index is 474. The number of halogens is 1. The molecular formula is C12H14BrNO3S. The van der Waals surface area contributed by atoms with Crippen molar-refractivity contribution in [1.29, 1.82) is 0 Å². The van der Waals surface area contributed by atoms with Crippen LogP contribution in [0, 0.1) is 11.8 Å². The molecule has 0 radical (unpaired) electrons. The van der Waals surface area contributed by atoms with E-state index in [4.69, 9.17) is 5.11 Å². The van der Waals surface area contributed by atoms with Crippen LogP contribution >= 0.6 is 27.3 Å². The van der Waals surface area contributed by atoms with E-state index in [0.29, 0.717) is 24.4 Å². The Balaban J connectivity index is 2.04. The van der Waals surface area contributed by atoms with Gasteiger partial charge in [0.1, 0.15) is 0 Å². The number of carbonyl (C=O) groups is 2. The van der Waals surface area contributed by atoms with E-state index in [-0.39, 0.29) is 17.7 Å². The van der Waals surface area contributed by atoms with Crippen LogP contribution in [0.2, 0.25) is 0 Å². The highest BCUT2D eigenvalue weighted by Crippen LogP contribution is 2.27. The summed E-state index contributed by atoms with van der Waals surface area (Å²) in [6, 6.07) is 1.81. The summed E-state index contributed by atoms with van der Waals surface area (Å²) in [5.74, 6) is -1.08. The number of piperidine rings is 1. The highest BCUT2D eigenvalue weighted by atomic mass is 79.9. The standard InChI is InChI=1S/C12H14BrNO3S/c1-7-5-14(3-2-9(7)12(16)17)11(15)10-4-8(13)6-18-10/h4,6-7,9H,2-3,5H2,1H3,(H,16,17). The van der Waals surface area contributed by atoms with Crippen LogP contribution in [0.15, 0.2) is 15.9 Å². The Kier molecular flexibility index (Phi) is 4.07. The summed E-state index contributed by atoms with van der Waals surface area (Å²) >= 11 is 4.73. The normalized spacial score (nSPS) is 24.0. The topological polar surface area (TPSA) is 57.6 Å². The van der Waals surface area contributed by atoms with Crippen LogP contribution in [0.5, 0.6) is 0 Å². The van der Waals surface area contributed by atoms with E-state index < -0.39 is 5.97 Å². The van der Waals surface area contributed by atoms with E-state index in [2.05, 4.69) is 15.9 Å². The van der Waals surface area contributed by atoms with Crippen molar-refractivity contribution in [3.05, 3.63) is 20.8 Å². The number of amides is 1. The van der Waals surface area contributed by atoms with Crippen molar-refractivity contribution in [1.82, 2.24) is 4.90 Å².